The molecule has 1 aromatic carbocycles. The number of halogens is 1. The van der Waals surface area contributed by atoms with Crippen LogP contribution >= 0.6 is 11.6 Å². The van der Waals surface area contributed by atoms with Gasteiger partial charge in [0.25, 0.3) is 0 Å². The highest BCUT2D eigenvalue weighted by molar-refractivity contribution is 6.30. The number of nitrogens with zero attached hydrogens (tertiary/aromatic N) is 2. The second-order valence-electron chi connectivity index (χ2n) is 5.16. The van der Waals surface area contributed by atoms with Crippen LogP contribution in [0.2, 0.25) is 5.02 Å². The molecule has 1 saturated heterocycles. The molecule has 5 heteroatoms. The molecule has 1 aromatic rings. The lowest BCUT2D eigenvalue weighted by Crippen LogP contribution is -2.46. The van der Waals surface area contributed by atoms with Crippen molar-refractivity contribution in [1.82, 2.24) is 4.90 Å². The van der Waals surface area contributed by atoms with Crippen molar-refractivity contribution in [2.24, 2.45) is 0 Å². The molecule has 0 spiro atoms. The van der Waals surface area contributed by atoms with Crippen molar-refractivity contribution in [3.63, 3.8) is 0 Å². The summed E-state index contributed by atoms with van der Waals surface area (Å²) in [4.78, 5) is 15.2. The Balaban J connectivity index is 1.71. The molecule has 2 rings (SSSR count). The van der Waals surface area contributed by atoms with Crippen molar-refractivity contribution in [2.45, 2.75) is 19.3 Å². The Morgan fingerprint density at radius 2 is 1.95 bits per heavy atom. The number of anilines is 1. The molecule has 0 bridgehead atoms. The van der Waals surface area contributed by atoms with Crippen molar-refractivity contribution in [2.75, 3.05) is 37.6 Å². The Kier molecular flexibility index (Phi) is 5.68. The first kappa shape index (κ1) is 15.1. The number of unbranched alkanes of at least 4 members (excludes halogenated alkanes) is 1. The van der Waals surface area contributed by atoms with Gasteiger partial charge in [0.1, 0.15) is 0 Å². The number of aliphatic carboxylic acids is 1. The summed E-state index contributed by atoms with van der Waals surface area (Å²) in [6.07, 6.45) is 2.01. The third-order valence-electron chi connectivity index (χ3n) is 3.66. The maximum absolute atomic E-state index is 10.4. The number of carboxylic acids is 1. The molecule has 0 unspecified atom stereocenters. The van der Waals surface area contributed by atoms with E-state index in [9.17, 15) is 4.79 Å². The number of rotatable bonds is 6. The van der Waals surface area contributed by atoms with Crippen molar-refractivity contribution < 1.29 is 9.90 Å². The predicted octanol–water partition coefficient (Wildman–Crippen LogP) is 2.72. The fraction of sp³-hybridized carbons (Fsp3) is 0.533. The predicted molar refractivity (Wildman–Crippen MR) is 81.6 cm³/mol. The Morgan fingerprint density at radius 1 is 1.20 bits per heavy atom. The quantitative estimate of drug-likeness (QED) is 0.820. The van der Waals surface area contributed by atoms with Crippen LogP contribution in [0.25, 0.3) is 0 Å². The second kappa shape index (κ2) is 7.50. The maximum atomic E-state index is 10.4. The molecule has 1 fully saturated rings. The van der Waals surface area contributed by atoms with E-state index in [0.717, 1.165) is 50.6 Å². The van der Waals surface area contributed by atoms with E-state index in [4.69, 9.17) is 16.7 Å². The molecule has 1 N–H and O–H groups in total. The van der Waals surface area contributed by atoms with E-state index in [1.165, 1.54) is 5.69 Å². The third-order valence-corrected chi connectivity index (χ3v) is 3.90. The average molecular weight is 297 g/mol. The molecular formula is C15H21ClN2O2. The molecule has 0 aromatic heterocycles. The van der Waals surface area contributed by atoms with Crippen molar-refractivity contribution in [3.8, 4) is 0 Å². The highest BCUT2D eigenvalue weighted by Gasteiger charge is 2.16. The minimum Gasteiger partial charge on any atom is -0.481 e. The number of piperazine rings is 1. The largest absolute Gasteiger partial charge is 0.481 e. The van der Waals surface area contributed by atoms with Crippen molar-refractivity contribution in [1.29, 1.82) is 0 Å². The number of benzene rings is 1. The summed E-state index contributed by atoms with van der Waals surface area (Å²) in [6, 6.07) is 7.97. The zero-order valence-corrected chi connectivity index (χ0v) is 12.4. The fourth-order valence-corrected chi connectivity index (χ4v) is 2.70. The van der Waals surface area contributed by atoms with Crippen LogP contribution in [0, 0.1) is 0 Å². The van der Waals surface area contributed by atoms with E-state index >= 15 is 0 Å². The van der Waals surface area contributed by atoms with Crippen molar-refractivity contribution >= 4 is 23.3 Å². The SMILES string of the molecule is O=C(O)CCCCN1CCN(c2cccc(Cl)c2)CC1. The molecule has 4 nitrogen and oxygen atoms in total. The van der Waals surface area contributed by atoms with Crippen LogP contribution in [-0.2, 0) is 4.79 Å². The monoisotopic (exact) mass is 296 g/mol. The van der Waals surface area contributed by atoms with Gasteiger partial charge in [-0.05, 0) is 37.6 Å². The molecular weight excluding hydrogens is 276 g/mol. The maximum Gasteiger partial charge on any atom is 0.303 e. The molecule has 0 amide bonds. The summed E-state index contributed by atoms with van der Waals surface area (Å²) in [7, 11) is 0. The van der Waals surface area contributed by atoms with Gasteiger partial charge in [-0.25, -0.2) is 0 Å². The van der Waals surface area contributed by atoms with Crippen LogP contribution in [-0.4, -0.2) is 48.7 Å². The Bertz CT molecular complexity index is 445. The van der Waals surface area contributed by atoms with Crippen LogP contribution in [0.1, 0.15) is 19.3 Å². The van der Waals surface area contributed by atoms with E-state index in [0.29, 0.717) is 0 Å². The minimum absolute atomic E-state index is 0.280. The van der Waals surface area contributed by atoms with Gasteiger partial charge in [0.2, 0.25) is 0 Å². The standard InChI is InChI=1S/C15H21ClN2O2/c16-13-4-3-5-14(12-13)18-10-8-17(9-11-18)7-2-1-6-15(19)20/h3-5,12H,1-2,6-11H2,(H,19,20). The lowest BCUT2D eigenvalue weighted by molar-refractivity contribution is -0.137. The topological polar surface area (TPSA) is 43.8 Å². The molecule has 0 atom stereocenters. The molecule has 1 heterocycles. The van der Waals surface area contributed by atoms with E-state index in [-0.39, 0.29) is 6.42 Å². The molecule has 1 aliphatic heterocycles. The van der Waals surface area contributed by atoms with Crippen LogP contribution in [0.15, 0.2) is 24.3 Å². The van der Waals surface area contributed by atoms with Gasteiger partial charge in [-0.1, -0.05) is 17.7 Å². The lowest BCUT2D eigenvalue weighted by atomic mass is 10.2. The summed E-state index contributed by atoms with van der Waals surface area (Å²) in [5.41, 5.74) is 1.18. The minimum atomic E-state index is -0.698. The van der Waals surface area contributed by atoms with Gasteiger partial charge < -0.3 is 10.0 Å². The summed E-state index contributed by atoms with van der Waals surface area (Å²) in [5.74, 6) is -0.698. The summed E-state index contributed by atoms with van der Waals surface area (Å²) >= 11 is 6.02. The van der Waals surface area contributed by atoms with Gasteiger partial charge in [0, 0.05) is 43.3 Å². The van der Waals surface area contributed by atoms with Crippen LogP contribution in [0.5, 0.6) is 0 Å². The van der Waals surface area contributed by atoms with Gasteiger partial charge in [-0.2, -0.15) is 0 Å². The normalized spacial score (nSPS) is 16.4. The van der Waals surface area contributed by atoms with Gasteiger partial charge >= 0.3 is 5.97 Å². The first-order chi connectivity index (χ1) is 9.65. The van der Waals surface area contributed by atoms with Gasteiger partial charge in [0.15, 0.2) is 0 Å². The van der Waals surface area contributed by atoms with E-state index in [1.54, 1.807) is 0 Å². The molecule has 110 valence electrons. The van der Waals surface area contributed by atoms with Gasteiger partial charge in [-0.15, -0.1) is 0 Å². The highest BCUT2D eigenvalue weighted by atomic mass is 35.5. The lowest BCUT2D eigenvalue weighted by Gasteiger charge is -2.36. The van der Waals surface area contributed by atoms with Crippen LogP contribution in [0.3, 0.4) is 0 Å². The Morgan fingerprint density at radius 3 is 2.60 bits per heavy atom. The number of carboxylic acid groups (broad SMARTS) is 1. The summed E-state index contributed by atoms with van der Waals surface area (Å²) in [5, 5.41) is 9.38. The zero-order valence-electron chi connectivity index (χ0n) is 11.6. The van der Waals surface area contributed by atoms with Crippen molar-refractivity contribution in [3.05, 3.63) is 29.3 Å². The smallest absolute Gasteiger partial charge is 0.303 e. The first-order valence-corrected chi connectivity index (χ1v) is 7.47. The summed E-state index contributed by atoms with van der Waals surface area (Å²) in [6.45, 7) is 5.05. The molecule has 0 saturated carbocycles. The van der Waals surface area contributed by atoms with E-state index in [1.807, 2.05) is 18.2 Å². The van der Waals surface area contributed by atoms with E-state index < -0.39 is 5.97 Å². The second-order valence-corrected chi connectivity index (χ2v) is 5.60. The first-order valence-electron chi connectivity index (χ1n) is 7.10. The third kappa shape index (κ3) is 4.69. The number of hydrogen-bond donors (Lipinski definition) is 1. The molecule has 0 aliphatic carbocycles. The summed E-state index contributed by atoms with van der Waals surface area (Å²) < 4.78 is 0. The van der Waals surface area contributed by atoms with E-state index in [2.05, 4.69) is 15.9 Å². The highest BCUT2D eigenvalue weighted by Crippen LogP contribution is 2.20. The zero-order chi connectivity index (χ0) is 14.4. The van der Waals surface area contributed by atoms with Gasteiger partial charge in [-0.3, -0.25) is 9.69 Å². The Labute approximate surface area is 124 Å². The number of hydrogen-bond acceptors (Lipinski definition) is 3. The number of carbonyl (C=O) groups is 1. The van der Waals surface area contributed by atoms with Gasteiger partial charge in [0.05, 0.1) is 0 Å². The van der Waals surface area contributed by atoms with Crippen LogP contribution in [0.4, 0.5) is 5.69 Å². The molecule has 1 aliphatic rings. The molecule has 20 heavy (non-hydrogen) atoms. The molecule has 0 radical (unpaired) electrons. The average Bonchev–Trinajstić information content (AvgIpc) is 2.44. The fourth-order valence-electron chi connectivity index (χ4n) is 2.51. The van der Waals surface area contributed by atoms with Crippen LogP contribution < -0.4 is 4.90 Å². The Hall–Kier alpha value is -1.26.